The van der Waals surface area contributed by atoms with Gasteiger partial charge in [-0.1, -0.05) is 17.3 Å². The van der Waals surface area contributed by atoms with E-state index in [-0.39, 0.29) is 25.0 Å². The quantitative estimate of drug-likeness (QED) is 0.331. The average molecular weight is 294 g/mol. The SMILES string of the molecule is NNC(=O)COCC1CC(c2cccc([N+](=O)[O-])c2)=NO1. The fourth-order valence-corrected chi connectivity index (χ4v) is 1.81. The van der Waals surface area contributed by atoms with Crippen molar-refractivity contribution in [1.82, 2.24) is 5.43 Å². The van der Waals surface area contributed by atoms with Gasteiger partial charge in [0.15, 0.2) is 6.10 Å². The zero-order chi connectivity index (χ0) is 15.2. The van der Waals surface area contributed by atoms with Gasteiger partial charge < -0.3 is 9.57 Å². The number of nitro groups is 1. The normalized spacial score (nSPS) is 17.0. The maximum Gasteiger partial charge on any atom is 0.270 e. The van der Waals surface area contributed by atoms with Gasteiger partial charge in [0.2, 0.25) is 0 Å². The molecule has 1 aromatic carbocycles. The minimum atomic E-state index is -0.466. The van der Waals surface area contributed by atoms with Gasteiger partial charge in [-0.05, 0) is 0 Å². The number of nitro benzene ring substituents is 1. The van der Waals surface area contributed by atoms with Gasteiger partial charge in [0.05, 0.1) is 17.2 Å². The molecule has 0 aromatic heterocycles. The van der Waals surface area contributed by atoms with Crippen LogP contribution in [0.1, 0.15) is 12.0 Å². The zero-order valence-electron chi connectivity index (χ0n) is 11.0. The molecule has 3 N–H and O–H groups in total. The van der Waals surface area contributed by atoms with Crippen LogP contribution in [0.5, 0.6) is 0 Å². The molecule has 0 bridgehead atoms. The highest BCUT2D eigenvalue weighted by molar-refractivity contribution is 6.01. The monoisotopic (exact) mass is 294 g/mol. The number of nitrogens with two attached hydrogens (primary N) is 1. The molecule has 2 rings (SSSR count). The first-order chi connectivity index (χ1) is 10.1. The van der Waals surface area contributed by atoms with Crippen LogP contribution in [0.15, 0.2) is 29.4 Å². The van der Waals surface area contributed by atoms with E-state index < -0.39 is 10.8 Å². The Balaban J connectivity index is 1.88. The Kier molecular flexibility index (Phi) is 4.80. The number of ether oxygens (including phenoxy) is 1. The highest BCUT2D eigenvalue weighted by atomic mass is 16.7. The van der Waals surface area contributed by atoms with E-state index in [4.69, 9.17) is 15.4 Å². The van der Waals surface area contributed by atoms with Crippen molar-refractivity contribution in [3.63, 3.8) is 0 Å². The molecule has 1 aromatic rings. The predicted molar refractivity (Wildman–Crippen MR) is 72.3 cm³/mol. The number of carbonyl (C=O) groups is 1. The number of hydrogen-bond donors (Lipinski definition) is 2. The highest BCUT2D eigenvalue weighted by Crippen LogP contribution is 2.20. The summed E-state index contributed by atoms with van der Waals surface area (Å²) in [5, 5.41) is 14.6. The molecule has 1 amide bonds. The van der Waals surface area contributed by atoms with Crippen LogP contribution in [-0.4, -0.2) is 35.9 Å². The first-order valence-electron chi connectivity index (χ1n) is 6.15. The maximum atomic E-state index is 10.9. The third kappa shape index (κ3) is 3.97. The second kappa shape index (κ2) is 6.77. The van der Waals surface area contributed by atoms with Crippen LogP contribution in [0.2, 0.25) is 0 Å². The van der Waals surface area contributed by atoms with Gasteiger partial charge in [-0.15, -0.1) is 0 Å². The van der Waals surface area contributed by atoms with Crippen LogP contribution in [0.25, 0.3) is 0 Å². The van der Waals surface area contributed by atoms with Gasteiger partial charge in [-0.25, -0.2) is 5.84 Å². The number of hydrogen-bond acceptors (Lipinski definition) is 7. The van der Waals surface area contributed by atoms with Crippen molar-refractivity contribution in [1.29, 1.82) is 0 Å². The molecule has 9 nitrogen and oxygen atoms in total. The van der Waals surface area contributed by atoms with Crippen molar-refractivity contribution in [3.05, 3.63) is 39.9 Å². The third-order valence-electron chi connectivity index (χ3n) is 2.82. The van der Waals surface area contributed by atoms with Gasteiger partial charge in [0, 0.05) is 24.1 Å². The first kappa shape index (κ1) is 14.9. The Morgan fingerprint density at radius 3 is 3.14 bits per heavy atom. The summed E-state index contributed by atoms with van der Waals surface area (Å²) >= 11 is 0. The number of benzene rings is 1. The summed E-state index contributed by atoms with van der Waals surface area (Å²) in [6.07, 6.45) is 0.121. The molecular formula is C12H14N4O5. The summed E-state index contributed by atoms with van der Waals surface area (Å²) in [4.78, 5) is 26.3. The van der Waals surface area contributed by atoms with Crippen LogP contribution >= 0.6 is 0 Å². The predicted octanol–water partition coefficient (Wildman–Crippen LogP) is 0.0943. The Bertz CT molecular complexity index is 575. The lowest BCUT2D eigenvalue weighted by Crippen LogP contribution is -2.34. The molecule has 1 atom stereocenters. The summed E-state index contributed by atoms with van der Waals surface area (Å²) in [5.74, 6) is 4.48. The number of nitrogens with one attached hydrogen (secondary N) is 1. The lowest BCUT2D eigenvalue weighted by Gasteiger charge is -2.08. The molecule has 0 fully saturated rings. The lowest BCUT2D eigenvalue weighted by atomic mass is 10.0. The Morgan fingerprint density at radius 1 is 1.62 bits per heavy atom. The van der Waals surface area contributed by atoms with Crippen LogP contribution < -0.4 is 11.3 Å². The van der Waals surface area contributed by atoms with Crippen LogP contribution in [-0.2, 0) is 14.4 Å². The lowest BCUT2D eigenvalue weighted by molar-refractivity contribution is -0.384. The molecule has 112 valence electrons. The average Bonchev–Trinajstić information content (AvgIpc) is 2.96. The fraction of sp³-hybridized carbons (Fsp3) is 0.333. The molecule has 0 radical (unpaired) electrons. The van der Waals surface area contributed by atoms with E-state index in [0.29, 0.717) is 17.7 Å². The van der Waals surface area contributed by atoms with Crippen molar-refractivity contribution in [2.45, 2.75) is 12.5 Å². The Morgan fingerprint density at radius 2 is 2.43 bits per heavy atom. The van der Waals surface area contributed by atoms with Crippen molar-refractivity contribution in [2.24, 2.45) is 11.0 Å². The fourth-order valence-electron chi connectivity index (χ4n) is 1.81. The highest BCUT2D eigenvalue weighted by Gasteiger charge is 2.23. The second-order valence-electron chi connectivity index (χ2n) is 4.36. The molecule has 0 spiro atoms. The standard InChI is InChI=1S/C12H14N4O5/c13-14-12(17)7-20-6-10-5-11(15-21-10)8-2-1-3-9(4-8)16(18)19/h1-4,10H,5-7,13H2,(H,14,17). The van der Waals surface area contributed by atoms with E-state index in [2.05, 4.69) is 5.16 Å². The smallest absolute Gasteiger partial charge is 0.270 e. The summed E-state index contributed by atoms with van der Waals surface area (Å²) < 4.78 is 5.12. The van der Waals surface area contributed by atoms with Gasteiger partial charge in [-0.2, -0.15) is 0 Å². The van der Waals surface area contributed by atoms with E-state index >= 15 is 0 Å². The minimum absolute atomic E-state index is 0.00508. The summed E-state index contributed by atoms with van der Waals surface area (Å²) in [6, 6.07) is 6.16. The first-order valence-corrected chi connectivity index (χ1v) is 6.15. The second-order valence-corrected chi connectivity index (χ2v) is 4.36. The Labute approximate surface area is 119 Å². The van der Waals surface area contributed by atoms with Gasteiger partial charge in [-0.3, -0.25) is 20.3 Å². The van der Waals surface area contributed by atoms with Crippen LogP contribution in [0.4, 0.5) is 5.69 Å². The molecule has 1 unspecified atom stereocenters. The number of oxime groups is 1. The molecule has 1 aliphatic heterocycles. The van der Waals surface area contributed by atoms with Crippen molar-refractivity contribution in [2.75, 3.05) is 13.2 Å². The van der Waals surface area contributed by atoms with Gasteiger partial charge in [0.25, 0.3) is 11.6 Å². The molecule has 21 heavy (non-hydrogen) atoms. The molecule has 0 saturated heterocycles. The van der Waals surface area contributed by atoms with E-state index in [9.17, 15) is 14.9 Å². The number of amides is 1. The molecule has 0 aliphatic carbocycles. The number of carbonyl (C=O) groups excluding carboxylic acids is 1. The Hall–Kier alpha value is -2.52. The molecule has 1 aliphatic rings. The van der Waals surface area contributed by atoms with Gasteiger partial charge in [0.1, 0.15) is 6.61 Å². The van der Waals surface area contributed by atoms with Crippen molar-refractivity contribution in [3.8, 4) is 0 Å². The summed E-state index contributed by atoms with van der Waals surface area (Å²) in [7, 11) is 0. The number of rotatable bonds is 6. The zero-order valence-corrected chi connectivity index (χ0v) is 11.0. The maximum absolute atomic E-state index is 10.9. The van der Waals surface area contributed by atoms with E-state index in [1.807, 2.05) is 5.43 Å². The van der Waals surface area contributed by atoms with Crippen LogP contribution in [0.3, 0.4) is 0 Å². The largest absolute Gasteiger partial charge is 0.389 e. The molecule has 9 heteroatoms. The molecular weight excluding hydrogens is 280 g/mol. The van der Waals surface area contributed by atoms with E-state index in [1.165, 1.54) is 12.1 Å². The minimum Gasteiger partial charge on any atom is -0.389 e. The summed E-state index contributed by atoms with van der Waals surface area (Å²) in [6.45, 7) is 0.0118. The number of non-ortho nitro benzene ring substituents is 1. The van der Waals surface area contributed by atoms with Crippen molar-refractivity contribution >= 4 is 17.3 Å². The van der Waals surface area contributed by atoms with Crippen LogP contribution in [0, 0.1) is 10.1 Å². The molecule has 1 heterocycles. The van der Waals surface area contributed by atoms with Gasteiger partial charge >= 0.3 is 0 Å². The number of nitrogens with zero attached hydrogens (tertiary/aromatic N) is 2. The molecule has 0 saturated carbocycles. The van der Waals surface area contributed by atoms with Crippen molar-refractivity contribution < 1.29 is 19.3 Å². The third-order valence-corrected chi connectivity index (χ3v) is 2.82. The number of hydrazine groups is 1. The topological polar surface area (TPSA) is 129 Å². The van der Waals surface area contributed by atoms with E-state index in [1.54, 1.807) is 12.1 Å². The summed E-state index contributed by atoms with van der Waals surface area (Å²) in [5.41, 5.74) is 3.18. The van der Waals surface area contributed by atoms with E-state index in [0.717, 1.165) is 0 Å².